The molecule has 122 valence electrons. The first-order valence-corrected chi connectivity index (χ1v) is 8.23. The molecular formula is C17H16BrN5O. The maximum atomic E-state index is 9.14. The highest BCUT2D eigenvalue weighted by Crippen LogP contribution is 2.35. The zero-order chi connectivity index (χ0) is 17.3. The van der Waals surface area contributed by atoms with E-state index in [1.54, 1.807) is 18.3 Å². The van der Waals surface area contributed by atoms with Gasteiger partial charge in [-0.2, -0.15) is 5.26 Å². The number of halogens is 1. The van der Waals surface area contributed by atoms with Crippen molar-refractivity contribution in [2.24, 2.45) is 5.41 Å². The standard InChI is InChI=1S/C17H16BrN5O/c1-17(2,3)10-23-12-6-7-13(14(18)15(12)21-22-23)24-16-11(9-19)5-4-8-20-16/h4-8H,10H2,1-3H3. The average molecular weight is 386 g/mol. The molecule has 0 bridgehead atoms. The van der Waals surface area contributed by atoms with Crippen LogP contribution in [0.15, 0.2) is 34.9 Å². The van der Waals surface area contributed by atoms with Crippen molar-refractivity contribution in [2.75, 3.05) is 0 Å². The lowest BCUT2D eigenvalue weighted by atomic mass is 9.97. The van der Waals surface area contributed by atoms with Crippen LogP contribution in [0.2, 0.25) is 0 Å². The lowest BCUT2D eigenvalue weighted by Gasteiger charge is -2.18. The summed E-state index contributed by atoms with van der Waals surface area (Å²) in [6.45, 7) is 7.21. The fourth-order valence-electron chi connectivity index (χ4n) is 2.29. The van der Waals surface area contributed by atoms with Crippen LogP contribution >= 0.6 is 15.9 Å². The number of pyridine rings is 1. The largest absolute Gasteiger partial charge is 0.436 e. The van der Waals surface area contributed by atoms with Crippen molar-refractivity contribution in [3.63, 3.8) is 0 Å². The maximum absolute atomic E-state index is 9.14. The highest BCUT2D eigenvalue weighted by molar-refractivity contribution is 9.10. The molecule has 0 aliphatic heterocycles. The van der Waals surface area contributed by atoms with Crippen LogP contribution in [-0.2, 0) is 6.54 Å². The second-order valence-corrected chi connectivity index (χ2v) is 7.42. The van der Waals surface area contributed by atoms with E-state index in [4.69, 9.17) is 10.00 Å². The van der Waals surface area contributed by atoms with Gasteiger partial charge in [-0.1, -0.05) is 26.0 Å². The maximum Gasteiger partial charge on any atom is 0.237 e. The summed E-state index contributed by atoms with van der Waals surface area (Å²) in [4.78, 5) is 4.11. The van der Waals surface area contributed by atoms with Crippen molar-refractivity contribution in [3.8, 4) is 17.7 Å². The minimum atomic E-state index is 0.0952. The topological polar surface area (TPSA) is 76.6 Å². The van der Waals surface area contributed by atoms with Crippen molar-refractivity contribution in [1.82, 2.24) is 20.0 Å². The van der Waals surface area contributed by atoms with Gasteiger partial charge in [0, 0.05) is 12.7 Å². The number of fused-ring (bicyclic) bond motifs is 1. The predicted molar refractivity (Wildman–Crippen MR) is 93.7 cm³/mol. The summed E-state index contributed by atoms with van der Waals surface area (Å²) < 4.78 is 8.36. The minimum Gasteiger partial charge on any atom is -0.436 e. The number of ether oxygens (including phenoxy) is 1. The van der Waals surface area contributed by atoms with E-state index in [2.05, 4.69) is 58.1 Å². The Morgan fingerprint density at radius 1 is 1.29 bits per heavy atom. The number of benzene rings is 1. The molecule has 0 radical (unpaired) electrons. The second-order valence-electron chi connectivity index (χ2n) is 6.62. The highest BCUT2D eigenvalue weighted by atomic mass is 79.9. The Balaban J connectivity index is 2.00. The summed E-state index contributed by atoms with van der Waals surface area (Å²) in [6.07, 6.45) is 1.59. The molecule has 0 N–H and O–H groups in total. The van der Waals surface area contributed by atoms with Crippen molar-refractivity contribution >= 4 is 27.0 Å². The summed E-state index contributed by atoms with van der Waals surface area (Å²) in [5, 5.41) is 17.6. The highest BCUT2D eigenvalue weighted by Gasteiger charge is 2.18. The number of hydrogen-bond acceptors (Lipinski definition) is 5. The Morgan fingerprint density at radius 3 is 2.79 bits per heavy atom. The number of aromatic nitrogens is 4. The molecule has 3 aromatic rings. The van der Waals surface area contributed by atoms with Gasteiger partial charge in [0.2, 0.25) is 5.88 Å². The van der Waals surface area contributed by atoms with Crippen LogP contribution in [0.1, 0.15) is 26.3 Å². The molecule has 0 amide bonds. The van der Waals surface area contributed by atoms with Crippen molar-refractivity contribution < 1.29 is 4.74 Å². The Kier molecular flexibility index (Phi) is 4.24. The lowest BCUT2D eigenvalue weighted by Crippen LogP contribution is -2.16. The molecular weight excluding hydrogens is 370 g/mol. The molecule has 2 aromatic heterocycles. The van der Waals surface area contributed by atoms with Gasteiger partial charge in [-0.15, -0.1) is 5.10 Å². The first kappa shape index (κ1) is 16.4. The summed E-state index contributed by atoms with van der Waals surface area (Å²) >= 11 is 3.53. The number of nitrogens with zero attached hydrogens (tertiary/aromatic N) is 5. The fraction of sp³-hybridized carbons (Fsp3) is 0.294. The molecule has 0 atom stereocenters. The average Bonchev–Trinajstić information content (AvgIpc) is 2.92. The van der Waals surface area contributed by atoms with Crippen LogP contribution in [-0.4, -0.2) is 20.0 Å². The number of hydrogen-bond donors (Lipinski definition) is 0. The first-order valence-electron chi connectivity index (χ1n) is 7.44. The van der Waals surface area contributed by atoms with Crippen molar-refractivity contribution in [1.29, 1.82) is 5.26 Å². The molecule has 6 nitrogen and oxygen atoms in total. The van der Waals surface area contributed by atoms with Crippen LogP contribution < -0.4 is 4.74 Å². The summed E-state index contributed by atoms with van der Waals surface area (Å²) in [5.74, 6) is 0.808. The van der Waals surface area contributed by atoms with E-state index >= 15 is 0 Å². The van der Waals surface area contributed by atoms with Crippen LogP contribution in [0.5, 0.6) is 11.6 Å². The molecule has 0 fully saturated rings. The number of rotatable bonds is 3. The first-order chi connectivity index (χ1) is 11.4. The zero-order valence-electron chi connectivity index (χ0n) is 13.6. The summed E-state index contributed by atoms with van der Waals surface area (Å²) in [7, 11) is 0. The lowest BCUT2D eigenvalue weighted by molar-refractivity contribution is 0.327. The third-order valence-corrected chi connectivity index (χ3v) is 4.08. The van der Waals surface area contributed by atoms with Gasteiger partial charge in [-0.3, -0.25) is 0 Å². The van der Waals surface area contributed by atoms with E-state index in [1.165, 1.54) is 0 Å². The van der Waals surface area contributed by atoms with Gasteiger partial charge in [0.25, 0.3) is 0 Å². The molecule has 0 aliphatic rings. The van der Waals surface area contributed by atoms with E-state index in [-0.39, 0.29) is 11.3 Å². The van der Waals surface area contributed by atoms with Gasteiger partial charge in [-0.05, 0) is 45.6 Å². The van der Waals surface area contributed by atoms with E-state index in [9.17, 15) is 0 Å². The molecule has 0 unspecified atom stereocenters. The second kappa shape index (κ2) is 6.21. The SMILES string of the molecule is CC(C)(C)Cn1nnc2c(Br)c(Oc3ncccc3C#N)ccc21. The fourth-order valence-corrected chi connectivity index (χ4v) is 2.79. The Morgan fingerprint density at radius 2 is 2.08 bits per heavy atom. The zero-order valence-corrected chi connectivity index (χ0v) is 15.2. The molecule has 0 aliphatic carbocycles. The normalized spacial score (nSPS) is 11.5. The van der Waals surface area contributed by atoms with Gasteiger partial charge in [-0.25, -0.2) is 9.67 Å². The molecule has 7 heteroatoms. The van der Waals surface area contributed by atoms with E-state index in [0.29, 0.717) is 21.3 Å². The smallest absolute Gasteiger partial charge is 0.237 e. The quantitative estimate of drug-likeness (QED) is 0.671. The van der Waals surface area contributed by atoms with Gasteiger partial charge < -0.3 is 4.74 Å². The molecule has 0 spiro atoms. The van der Waals surface area contributed by atoms with Crippen LogP contribution in [0.25, 0.3) is 11.0 Å². The van der Waals surface area contributed by atoms with Gasteiger partial charge in [0.15, 0.2) is 0 Å². The Bertz CT molecular complexity index is 936. The van der Waals surface area contributed by atoms with Crippen molar-refractivity contribution in [2.45, 2.75) is 27.3 Å². The third kappa shape index (κ3) is 3.24. The molecule has 1 aromatic carbocycles. The predicted octanol–water partition coefficient (Wildman–Crippen LogP) is 4.30. The van der Waals surface area contributed by atoms with Crippen LogP contribution in [0, 0.1) is 16.7 Å². The minimum absolute atomic E-state index is 0.0952. The Labute approximate surface area is 148 Å². The number of nitriles is 1. The molecule has 3 rings (SSSR count). The Hall–Kier alpha value is -2.46. The van der Waals surface area contributed by atoms with Gasteiger partial charge in [0.1, 0.15) is 22.9 Å². The molecule has 24 heavy (non-hydrogen) atoms. The van der Waals surface area contributed by atoms with E-state index < -0.39 is 0 Å². The van der Waals surface area contributed by atoms with E-state index in [1.807, 2.05) is 16.8 Å². The third-order valence-electron chi connectivity index (χ3n) is 3.31. The molecule has 0 saturated carbocycles. The monoisotopic (exact) mass is 385 g/mol. The van der Waals surface area contributed by atoms with Crippen LogP contribution in [0.3, 0.4) is 0 Å². The summed E-state index contributed by atoms with van der Waals surface area (Å²) in [6, 6.07) is 9.16. The molecule has 2 heterocycles. The molecule has 0 saturated heterocycles. The van der Waals surface area contributed by atoms with Crippen molar-refractivity contribution in [3.05, 3.63) is 40.5 Å². The van der Waals surface area contributed by atoms with Gasteiger partial charge in [0.05, 0.1) is 9.99 Å². The van der Waals surface area contributed by atoms with Crippen LogP contribution in [0.4, 0.5) is 0 Å². The van der Waals surface area contributed by atoms with E-state index in [0.717, 1.165) is 12.1 Å². The summed E-state index contributed by atoms with van der Waals surface area (Å²) in [5.41, 5.74) is 2.11. The van der Waals surface area contributed by atoms with Gasteiger partial charge >= 0.3 is 0 Å².